The Kier molecular flexibility index (Phi) is 3.36. The number of isocyanates is 1. The maximum atomic E-state index is 9.74. The van der Waals surface area contributed by atoms with Crippen molar-refractivity contribution in [1.29, 1.82) is 0 Å². The predicted molar refractivity (Wildman–Crippen MR) is 48.1 cm³/mol. The molecule has 0 aliphatic carbocycles. The average molecular weight is 230 g/mol. The van der Waals surface area contributed by atoms with Crippen molar-refractivity contribution in [2.75, 3.05) is 0 Å². The van der Waals surface area contributed by atoms with Gasteiger partial charge < -0.3 is 0 Å². The van der Waals surface area contributed by atoms with Gasteiger partial charge in [-0.15, -0.1) is 4.40 Å². The van der Waals surface area contributed by atoms with E-state index in [9.17, 15) is 4.79 Å². The van der Waals surface area contributed by atoms with Gasteiger partial charge in [-0.3, -0.25) is 0 Å². The molecule has 0 radical (unpaired) electrons. The van der Waals surface area contributed by atoms with Crippen LogP contribution in [0.2, 0.25) is 0 Å². The third-order valence-corrected chi connectivity index (χ3v) is 2.11. The lowest BCUT2D eigenvalue weighted by Gasteiger charge is -1.92. The fourth-order valence-corrected chi connectivity index (χ4v) is 1.61. The summed E-state index contributed by atoms with van der Waals surface area (Å²) in [6.07, 6.45) is 1.46. The first kappa shape index (κ1) is 8.53. The van der Waals surface area contributed by atoms with Gasteiger partial charge in [-0.1, -0.05) is 22.0 Å². The fourth-order valence-electron chi connectivity index (χ4n) is 0.595. The van der Waals surface area contributed by atoms with Crippen LogP contribution in [0.25, 0.3) is 0 Å². The molecule has 1 aromatic rings. The summed E-state index contributed by atoms with van der Waals surface area (Å²) in [5.74, 6) is 0. The molecule has 11 heavy (non-hydrogen) atoms. The van der Waals surface area contributed by atoms with E-state index < -0.39 is 0 Å². The number of carbonyl (C=O) groups excluding carboxylic acids is 1. The van der Waals surface area contributed by atoms with Gasteiger partial charge in [0.25, 0.3) is 0 Å². The van der Waals surface area contributed by atoms with Gasteiger partial charge in [0.05, 0.1) is 0 Å². The molecule has 0 bridgehead atoms. The van der Waals surface area contributed by atoms with Crippen LogP contribution >= 0.6 is 27.9 Å². The molecule has 0 heterocycles. The number of hydrogen-bond donors (Lipinski definition) is 0. The number of halogens is 1. The van der Waals surface area contributed by atoms with Gasteiger partial charge in [0.15, 0.2) is 0 Å². The summed E-state index contributed by atoms with van der Waals surface area (Å²) in [7, 11) is 0. The van der Waals surface area contributed by atoms with Gasteiger partial charge >= 0.3 is 0 Å². The minimum absolute atomic E-state index is 0.919. The van der Waals surface area contributed by atoms with Crippen molar-refractivity contribution in [3.63, 3.8) is 0 Å². The second-order valence-corrected chi connectivity index (χ2v) is 3.48. The Bertz CT molecular complexity index is 296. The van der Waals surface area contributed by atoms with Crippen LogP contribution in [0.4, 0.5) is 0 Å². The lowest BCUT2D eigenvalue weighted by molar-refractivity contribution is 0.566. The summed E-state index contributed by atoms with van der Waals surface area (Å²) in [6, 6.07) is 7.54. The van der Waals surface area contributed by atoms with Crippen molar-refractivity contribution in [2.24, 2.45) is 4.40 Å². The van der Waals surface area contributed by atoms with E-state index >= 15 is 0 Å². The molecule has 4 heteroatoms. The molecule has 56 valence electrons. The third kappa shape index (κ3) is 2.89. The number of benzene rings is 1. The van der Waals surface area contributed by atoms with Crippen molar-refractivity contribution < 1.29 is 4.79 Å². The molecule has 0 aliphatic rings. The molecular weight excluding hydrogens is 226 g/mol. The van der Waals surface area contributed by atoms with E-state index in [1.807, 2.05) is 24.3 Å². The second-order valence-electron chi connectivity index (χ2n) is 1.73. The lowest BCUT2D eigenvalue weighted by Crippen LogP contribution is -1.67. The van der Waals surface area contributed by atoms with Gasteiger partial charge in [-0.2, -0.15) is 0 Å². The molecule has 0 amide bonds. The summed E-state index contributed by atoms with van der Waals surface area (Å²) >= 11 is 4.41. The molecule has 1 aromatic carbocycles. The average Bonchev–Trinajstić information content (AvgIpc) is 2.01. The summed E-state index contributed by atoms with van der Waals surface area (Å²) in [6.45, 7) is 0. The Labute approximate surface area is 77.0 Å². The second kappa shape index (κ2) is 4.34. The van der Waals surface area contributed by atoms with Crippen LogP contribution < -0.4 is 0 Å². The van der Waals surface area contributed by atoms with E-state index in [-0.39, 0.29) is 0 Å². The zero-order valence-electron chi connectivity index (χ0n) is 5.45. The SMILES string of the molecule is O=C=NSc1cccc(Br)c1. The molecule has 0 saturated carbocycles. The van der Waals surface area contributed by atoms with Crippen LogP contribution in [-0.2, 0) is 4.79 Å². The van der Waals surface area contributed by atoms with E-state index in [2.05, 4.69) is 20.3 Å². The Morgan fingerprint density at radius 3 is 3.00 bits per heavy atom. The van der Waals surface area contributed by atoms with Crippen LogP contribution in [-0.4, -0.2) is 6.08 Å². The first-order chi connectivity index (χ1) is 5.33. The first-order valence-electron chi connectivity index (χ1n) is 2.82. The van der Waals surface area contributed by atoms with Gasteiger partial charge in [0.2, 0.25) is 6.08 Å². The Hall–Kier alpha value is -0.570. The number of hydrogen-bond acceptors (Lipinski definition) is 3. The summed E-state index contributed by atoms with van der Waals surface area (Å²) in [5, 5.41) is 0. The monoisotopic (exact) mass is 229 g/mol. The lowest BCUT2D eigenvalue weighted by atomic mass is 10.4. The van der Waals surface area contributed by atoms with E-state index in [1.165, 1.54) is 6.08 Å². The minimum Gasteiger partial charge on any atom is -0.210 e. The predicted octanol–water partition coefficient (Wildman–Crippen LogP) is 2.79. The smallest absolute Gasteiger partial charge is 0.210 e. The Balaban J connectivity index is 2.79. The van der Waals surface area contributed by atoms with Crippen molar-refractivity contribution in [1.82, 2.24) is 0 Å². The molecule has 0 N–H and O–H groups in total. The molecule has 0 aromatic heterocycles. The molecule has 0 atom stereocenters. The van der Waals surface area contributed by atoms with Crippen molar-refractivity contribution in [2.45, 2.75) is 4.90 Å². The number of nitrogens with zero attached hydrogens (tertiary/aromatic N) is 1. The van der Waals surface area contributed by atoms with Gasteiger partial charge in [0, 0.05) is 21.3 Å². The van der Waals surface area contributed by atoms with Gasteiger partial charge in [-0.25, -0.2) is 4.79 Å². The van der Waals surface area contributed by atoms with E-state index in [4.69, 9.17) is 0 Å². The topological polar surface area (TPSA) is 29.4 Å². The van der Waals surface area contributed by atoms with E-state index in [0.717, 1.165) is 21.3 Å². The van der Waals surface area contributed by atoms with Crippen molar-refractivity contribution >= 4 is 34.0 Å². The quantitative estimate of drug-likeness (QED) is 0.444. The van der Waals surface area contributed by atoms with Crippen molar-refractivity contribution in [3.8, 4) is 0 Å². The first-order valence-corrected chi connectivity index (χ1v) is 4.39. The highest BCUT2D eigenvalue weighted by Gasteiger charge is 1.91. The van der Waals surface area contributed by atoms with Crippen LogP contribution in [0.3, 0.4) is 0 Å². The molecule has 1 rings (SSSR count). The molecule has 0 spiro atoms. The molecule has 0 saturated heterocycles. The number of rotatable bonds is 2. The fraction of sp³-hybridized carbons (Fsp3) is 0. The molecule has 0 unspecified atom stereocenters. The highest BCUT2D eigenvalue weighted by Crippen LogP contribution is 2.21. The molecular formula is C7H4BrNOS. The van der Waals surface area contributed by atoms with E-state index in [1.54, 1.807) is 0 Å². The van der Waals surface area contributed by atoms with Gasteiger partial charge in [0.1, 0.15) is 0 Å². The highest BCUT2D eigenvalue weighted by atomic mass is 79.9. The normalized spacial score (nSPS) is 8.82. The Morgan fingerprint density at radius 1 is 1.55 bits per heavy atom. The zero-order valence-corrected chi connectivity index (χ0v) is 7.85. The molecule has 0 aliphatic heterocycles. The summed E-state index contributed by atoms with van der Waals surface area (Å²) in [4.78, 5) is 10.7. The zero-order chi connectivity index (χ0) is 8.10. The van der Waals surface area contributed by atoms with Gasteiger partial charge in [-0.05, 0) is 18.2 Å². The Morgan fingerprint density at radius 2 is 2.36 bits per heavy atom. The van der Waals surface area contributed by atoms with Crippen LogP contribution in [0.1, 0.15) is 0 Å². The summed E-state index contributed by atoms with van der Waals surface area (Å²) < 4.78 is 4.35. The maximum absolute atomic E-state index is 9.74. The van der Waals surface area contributed by atoms with Crippen LogP contribution in [0, 0.1) is 0 Å². The van der Waals surface area contributed by atoms with Crippen molar-refractivity contribution in [3.05, 3.63) is 28.7 Å². The van der Waals surface area contributed by atoms with Crippen LogP contribution in [0.5, 0.6) is 0 Å². The standard InChI is InChI=1S/C7H4BrNOS/c8-6-2-1-3-7(4-6)11-9-5-10/h1-4H. The minimum atomic E-state index is 0.919. The summed E-state index contributed by atoms with van der Waals surface area (Å²) in [5.41, 5.74) is 0. The van der Waals surface area contributed by atoms with E-state index in [0.29, 0.717) is 0 Å². The molecule has 0 fully saturated rings. The third-order valence-electron chi connectivity index (χ3n) is 0.984. The molecule has 2 nitrogen and oxygen atoms in total. The largest absolute Gasteiger partial charge is 0.247 e. The van der Waals surface area contributed by atoms with Crippen LogP contribution in [0.15, 0.2) is 38.0 Å². The highest BCUT2D eigenvalue weighted by molar-refractivity contribution is 9.10. The maximum Gasteiger partial charge on any atom is 0.247 e.